The first kappa shape index (κ1) is 10.0. The number of imide groups is 1. The third-order valence-electron chi connectivity index (χ3n) is 2.33. The number of allylic oxidation sites excluding steroid dienone is 3. The fourth-order valence-electron chi connectivity index (χ4n) is 1.54. The maximum absolute atomic E-state index is 11.9. The van der Waals surface area contributed by atoms with Crippen LogP contribution >= 0.6 is 12.2 Å². The van der Waals surface area contributed by atoms with Gasteiger partial charge >= 0.3 is 6.03 Å². The second-order valence-corrected chi connectivity index (χ2v) is 3.82. The average Bonchev–Trinajstić information content (AvgIpc) is 2.64. The number of carbonyl (C=O) groups is 2. The summed E-state index contributed by atoms with van der Waals surface area (Å²) in [4.78, 5) is 25.0. The van der Waals surface area contributed by atoms with Gasteiger partial charge in [0.05, 0.1) is 5.57 Å². The molecule has 78 valence electrons. The molecule has 1 aliphatic carbocycles. The molecular formula is C10H10N2O2S. The summed E-state index contributed by atoms with van der Waals surface area (Å²) in [7, 11) is 0. The molecule has 0 atom stereocenters. The Morgan fingerprint density at radius 2 is 2.33 bits per heavy atom. The Morgan fingerprint density at radius 1 is 1.53 bits per heavy atom. The third-order valence-corrected chi connectivity index (χ3v) is 2.72. The summed E-state index contributed by atoms with van der Waals surface area (Å²) in [6.07, 6.45) is 5.95. The largest absolute Gasteiger partial charge is 0.336 e. The van der Waals surface area contributed by atoms with Crippen molar-refractivity contribution in [1.82, 2.24) is 10.2 Å². The van der Waals surface area contributed by atoms with Crippen LogP contribution in [0.2, 0.25) is 0 Å². The number of nitrogens with one attached hydrogen (secondary N) is 1. The summed E-state index contributed by atoms with van der Waals surface area (Å²) in [6, 6.07) is -0.335. The van der Waals surface area contributed by atoms with Gasteiger partial charge in [0.1, 0.15) is 0 Å². The van der Waals surface area contributed by atoms with E-state index >= 15 is 0 Å². The van der Waals surface area contributed by atoms with Gasteiger partial charge in [-0.15, -0.1) is 0 Å². The van der Waals surface area contributed by atoms with Crippen LogP contribution in [0.1, 0.15) is 6.42 Å². The van der Waals surface area contributed by atoms with Crippen LogP contribution in [-0.2, 0) is 4.79 Å². The molecule has 2 aliphatic rings. The minimum Gasteiger partial charge on any atom is -0.336 e. The number of thiocarbonyl (C=S) groups is 1. The van der Waals surface area contributed by atoms with Gasteiger partial charge in [0.2, 0.25) is 0 Å². The standard InChI is InChI=1S/C10H10N2O2S/c13-9(12-6-5-11-10(12)14)7-3-1-2-4-8(7)15/h1-3H,4-6H2,(H,11,14). The summed E-state index contributed by atoms with van der Waals surface area (Å²) in [5.41, 5.74) is 0.463. The maximum Gasteiger partial charge on any atom is 0.324 e. The minimum absolute atomic E-state index is 0.292. The Balaban J connectivity index is 2.20. The van der Waals surface area contributed by atoms with E-state index in [1.165, 1.54) is 4.90 Å². The first-order valence-electron chi connectivity index (χ1n) is 4.70. The summed E-state index contributed by atoms with van der Waals surface area (Å²) < 4.78 is 0. The highest BCUT2D eigenvalue weighted by Crippen LogP contribution is 2.14. The molecule has 0 aromatic carbocycles. The van der Waals surface area contributed by atoms with Gasteiger partial charge in [-0.3, -0.25) is 9.69 Å². The number of hydrogen-bond acceptors (Lipinski definition) is 3. The number of amides is 3. The monoisotopic (exact) mass is 222 g/mol. The highest BCUT2D eigenvalue weighted by Gasteiger charge is 2.29. The first-order chi connectivity index (χ1) is 7.20. The Morgan fingerprint density at radius 3 is 2.93 bits per heavy atom. The summed E-state index contributed by atoms with van der Waals surface area (Å²) >= 11 is 5.08. The molecule has 0 spiro atoms. The number of hydrogen-bond donors (Lipinski definition) is 1. The van der Waals surface area contributed by atoms with Crippen molar-refractivity contribution in [1.29, 1.82) is 0 Å². The van der Waals surface area contributed by atoms with Crippen molar-refractivity contribution in [2.24, 2.45) is 0 Å². The normalized spacial score (nSPS) is 20.3. The second kappa shape index (κ2) is 3.94. The summed E-state index contributed by atoms with van der Waals surface area (Å²) in [5.74, 6) is -0.292. The van der Waals surface area contributed by atoms with E-state index in [1.54, 1.807) is 12.2 Å². The van der Waals surface area contributed by atoms with Crippen molar-refractivity contribution in [3.8, 4) is 0 Å². The van der Waals surface area contributed by atoms with Crippen LogP contribution in [0.5, 0.6) is 0 Å². The average molecular weight is 222 g/mol. The van der Waals surface area contributed by atoms with Gasteiger partial charge in [-0.05, 0) is 6.08 Å². The van der Waals surface area contributed by atoms with E-state index in [1.807, 2.05) is 6.08 Å². The van der Waals surface area contributed by atoms with Crippen LogP contribution in [0.25, 0.3) is 0 Å². The highest BCUT2D eigenvalue weighted by molar-refractivity contribution is 7.81. The predicted octanol–water partition coefficient (Wildman–Crippen LogP) is 0.794. The van der Waals surface area contributed by atoms with E-state index in [0.29, 0.717) is 29.9 Å². The second-order valence-electron chi connectivity index (χ2n) is 3.32. The van der Waals surface area contributed by atoms with E-state index in [4.69, 9.17) is 12.2 Å². The number of nitrogens with zero attached hydrogens (tertiary/aromatic N) is 1. The predicted molar refractivity (Wildman–Crippen MR) is 59.5 cm³/mol. The van der Waals surface area contributed by atoms with Gasteiger partial charge in [-0.2, -0.15) is 0 Å². The molecule has 0 unspecified atom stereocenters. The number of rotatable bonds is 1. The molecule has 15 heavy (non-hydrogen) atoms. The molecule has 0 radical (unpaired) electrons. The lowest BCUT2D eigenvalue weighted by atomic mass is 10.0. The molecule has 0 aromatic rings. The van der Waals surface area contributed by atoms with Gasteiger partial charge in [0.25, 0.3) is 5.91 Å². The molecule has 4 nitrogen and oxygen atoms in total. The quantitative estimate of drug-likeness (QED) is 0.667. The van der Waals surface area contributed by atoms with Gasteiger partial charge in [-0.1, -0.05) is 24.4 Å². The van der Waals surface area contributed by atoms with Crippen LogP contribution < -0.4 is 5.32 Å². The fourth-order valence-corrected chi connectivity index (χ4v) is 1.80. The first-order valence-corrected chi connectivity index (χ1v) is 5.10. The van der Waals surface area contributed by atoms with Crippen molar-refractivity contribution in [3.05, 3.63) is 23.8 Å². The molecule has 0 aromatic heterocycles. The molecule has 0 saturated carbocycles. The number of urea groups is 1. The molecule has 1 N–H and O–H groups in total. The smallest absolute Gasteiger partial charge is 0.324 e. The van der Waals surface area contributed by atoms with Crippen molar-refractivity contribution < 1.29 is 9.59 Å². The molecule has 1 saturated heterocycles. The van der Waals surface area contributed by atoms with Crippen LogP contribution in [0, 0.1) is 0 Å². The summed E-state index contributed by atoms with van der Waals surface area (Å²) in [6.45, 7) is 0.932. The van der Waals surface area contributed by atoms with Crippen molar-refractivity contribution >= 4 is 29.0 Å². The van der Waals surface area contributed by atoms with Gasteiger partial charge in [0.15, 0.2) is 0 Å². The molecule has 1 heterocycles. The Hall–Kier alpha value is -1.49. The zero-order chi connectivity index (χ0) is 10.8. The minimum atomic E-state index is -0.335. The number of carbonyl (C=O) groups excluding carboxylic acids is 2. The fraction of sp³-hybridized carbons (Fsp3) is 0.300. The van der Waals surface area contributed by atoms with Crippen LogP contribution in [0.4, 0.5) is 4.79 Å². The highest BCUT2D eigenvalue weighted by atomic mass is 32.1. The van der Waals surface area contributed by atoms with E-state index in [9.17, 15) is 9.59 Å². The lowest BCUT2D eigenvalue weighted by molar-refractivity contribution is -0.123. The zero-order valence-electron chi connectivity index (χ0n) is 8.03. The van der Waals surface area contributed by atoms with Crippen molar-refractivity contribution in [2.45, 2.75) is 6.42 Å². The van der Waals surface area contributed by atoms with Crippen molar-refractivity contribution in [2.75, 3.05) is 13.1 Å². The maximum atomic E-state index is 11.9. The Bertz CT molecular complexity index is 398. The van der Waals surface area contributed by atoms with Gasteiger partial charge < -0.3 is 5.32 Å². The van der Waals surface area contributed by atoms with E-state index in [-0.39, 0.29) is 11.9 Å². The lowest BCUT2D eigenvalue weighted by Crippen LogP contribution is -2.36. The Kier molecular flexibility index (Phi) is 2.64. The molecule has 5 heteroatoms. The summed E-state index contributed by atoms with van der Waals surface area (Å²) in [5, 5.41) is 2.58. The van der Waals surface area contributed by atoms with Crippen molar-refractivity contribution in [3.63, 3.8) is 0 Å². The molecule has 3 amide bonds. The van der Waals surface area contributed by atoms with Crippen LogP contribution in [-0.4, -0.2) is 34.8 Å². The van der Waals surface area contributed by atoms with E-state index < -0.39 is 0 Å². The Labute approximate surface area is 92.6 Å². The molecule has 1 aliphatic heterocycles. The third kappa shape index (κ3) is 1.83. The van der Waals surface area contributed by atoms with Crippen LogP contribution in [0.3, 0.4) is 0 Å². The molecular weight excluding hydrogens is 212 g/mol. The SMILES string of the molecule is O=C1NCCN1C(=O)C1=CC=CCC1=S. The lowest BCUT2D eigenvalue weighted by Gasteiger charge is -2.16. The zero-order valence-corrected chi connectivity index (χ0v) is 8.84. The van der Waals surface area contributed by atoms with Gasteiger partial charge in [-0.25, -0.2) is 4.79 Å². The van der Waals surface area contributed by atoms with E-state index in [0.717, 1.165) is 0 Å². The van der Waals surface area contributed by atoms with E-state index in [2.05, 4.69) is 5.32 Å². The topological polar surface area (TPSA) is 49.4 Å². The molecule has 0 bridgehead atoms. The molecule has 2 rings (SSSR count). The molecule has 1 fully saturated rings. The van der Waals surface area contributed by atoms with Gasteiger partial charge in [0, 0.05) is 24.4 Å². The van der Waals surface area contributed by atoms with Crippen LogP contribution in [0.15, 0.2) is 23.8 Å².